The Hall–Kier alpha value is -2.48. The molecule has 0 radical (unpaired) electrons. The van der Waals surface area contributed by atoms with Gasteiger partial charge < -0.3 is 9.32 Å². The van der Waals surface area contributed by atoms with Gasteiger partial charge in [0.05, 0.1) is 6.04 Å². The number of nitrogens with zero attached hydrogens (tertiary/aromatic N) is 1. The van der Waals surface area contributed by atoms with Gasteiger partial charge in [0.1, 0.15) is 11.2 Å². The van der Waals surface area contributed by atoms with E-state index in [2.05, 4.69) is 67.6 Å². The molecule has 2 heterocycles. The highest BCUT2D eigenvalue weighted by Gasteiger charge is 2.20. The van der Waals surface area contributed by atoms with E-state index in [0.717, 1.165) is 11.2 Å². The minimum Gasteiger partial charge on any atom is -0.456 e. The number of allylic oxidation sites excluding steroid dienone is 2. The molecule has 2 nitrogen and oxygen atoms in total. The number of benzene rings is 2. The maximum atomic E-state index is 6.13. The van der Waals surface area contributed by atoms with Gasteiger partial charge in [0.15, 0.2) is 0 Å². The van der Waals surface area contributed by atoms with E-state index < -0.39 is 0 Å². The highest BCUT2D eigenvalue weighted by molar-refractivity contribution is 6.05. The molecule has 0 aliphatic carbocycles. The van der Waals surface area contributed by atoms with Crippen LogP contribution in [-0.2, 0) is 0 Å². The smallest absolute Gasteiger partial charge is 0.141 e. The normalized spacial score (nSPS) is 18.5. The van der Waals surface area contributed by atoms with Crippen LogP contribution in [0.3, 0.4) is 0 Å². The molecule has 4 rings (SSSR count). The van der Waals surface area contributed by atoms with E-state index in [9.17, 15) is 0 Å². The van der Waals surface area contributed by atoms with Crippen LogP contribution < -0.4 is 0 Å². The van der Waals surface area contributed by atoms with Crippen LogP contribution in [0.4, 0.5) is 0 Å². The van der Waals surface area contributed by atoms with E-state index in [0.29, 0.717) is 0 Å². The van der Waals surface area contributed by atoms with Crippen LogP contribution in [0.5, 0.6) is 0 Å². The quantitative estimate of drug-likeness (QED) is 0.619. The molecule has 3 aromatic rings. The summed E-state index contributed by atoms with van der Waals surface area (Å²) in [6.07, 6.45) is 6.58. The van der Waals surface area contributed by atoms with E-state index in [-0.39, 0.29) is 6.04 Å². The van der Waals surface area contributed by atoms with Crippen LogP contribution in [0.2, 0.25) is 0 Å². The van der Waals surface area contributed by atoms with Gasteiger partial charge in [-0.05, 0) is 18.6 Å². The Labute approximate surface area is 124 Å². The Kier molecular flexibility index (Phi) is 2.64. The lowest BCUT2D eigenvalue weighted by Gasteiger charge is -2.28. The van der Waals surface area contributed by atoms with Crippen molar-refractivity contribution in [3.63, 3.8) is 0 Å². The van der Waals surface area contributed by atoms with Gasteiger partial charge in [-0.15, -0.1) is 0 Å². The number of hydrogen-bond acceptors (Lipinski definition) is 2. The average molecular weight is 275 g/mol. The number of hydrogen-bond donors (Lipinski definition) is 0. The van der Waals surface area contributed by atoms with Gasteiger partial charge in [0.25, 0.3) is 0 Å². The number of fused-ring (bicyclic) bond motifs is 3. The summed E-state index contributed by atoms with van der Waals surface area (Å²) in [5, 5.41) is 2.37. The third-order valence-electron chi connectivity index (χ3n) is 4.14. The minimum absolute atomic E-state index is 0.220. The lowest BCUT2D eigenvalue weighted by molar-refractivity contribution is 0.385. The van der Waals surface area contributed by atoms with E-state index >= 15 is 0 Å². The standard InChI is InChI=1S/C19H17NO/c1-13-10-11-17(20(2)12-13)16-8-5-7-15-14-6-3-4-9-18(14)21-19(15)16/h3-12,17H,1-2H3. The van der Waals surface area contributed by atoms with Crippen LogP contribution in [0, 0.1) is 0 Å². The second kappa shape index (κ2) is 4.52. The predicted molar refractivity (Wildman–Crippen MR) is 87.1 cm³/mol. The molecule has 2 heteroatoms. The maximum absolute atomic E-state index is 6.13. The lowest BCUT2D eigenvalue weighted by Crippen LogP contribution is -2.20. The zero-order chi connectivity index (χ0) is 14.4. The monoisotopic (exact) mass is 275 g/mol. The summed E-state index contributed by atoms with van der Waals surface area (Å²) in [5.41, 5.74) is 4.43. The van der Waals surface area contributed by atoms with E-state index in [4.69, 9.17) is 4.42 Å². The fraction of sp³-hybridized carbons (Fsp3) is 0.158. The summed E-state index contributed by atoms with van der Waals surface area (Å²) in [7, 11) is 2.11. The molecule has 1 atom stereocenters. The molecular formula is C19H17NO. The molecule has 0 fully saturated rings. The third kappa shape index (κ3) is 1.87. The Balaban J connectivity index is 1.96. The Morgan fingerprint density at radius 2 is 1.81 bits per heavy atom. The van der Waals surface area contributed by atoms with Crippen molar-refractivity contribution in [3.05, 3.63) is 72.0 Å². The summed E-state index contributed by atoms with van der Waals surface area (Å²) in [6, 6.07) is 14.9. The molecule has 1 aliphatic rings. The lowest BCUT2D eigenvalue weighted by atomic mass is 9.99. The molecule has 0 N–H and O–H groups in total. The molecule has 0 spiro atoms. The van der Waals surface area contributed by atoms with E-state index in [1.54, 1.807) is 0 Å². The van der Waals surface area contributed by atoms with E-state index in [1.807, 2.05) is 12.1 Å². The first-order chi connectivity index (χ1) is 10.2. The van der Waals surface area contributed by atoms with Gasteiger partial charge in [-0.2, -0.15) is 0 Å². The third-order valence-corrected chi connectivity index (χ3v) is 4.14. The maximum Gasteiger partial charge on any atom is 0.141 e. The highest BCUT2D eigenvalue weighted by atomic mass is 16.3. The average Bonchev–Trinajstić information content (AvgIpc) is 2.86. The van der Waals surface area contributed by atoms with Crippen molar-refractivity contribution in [2.45, 2.75) is 13.0 Å². The van der Waals surface area contributed by atoms with Crippen LogP contribution in [0.25, 0.3) is 21.9 Å². The first-order valence-corrected chi connectivity index (χ1v) is 7.23. The topological polar surface area (TPSA) is 16.4 Å². The molecule has 21 heavy (non-hydrogen) atoms. The van der Waals surface area contributed by atoms with Crippen molar-refractivity contribution in [1.29, 1.82) is 0 Å². The fourth-order valence-corrected chi connectivity index (χ4v) is 3.15. The highest BCUT2D eigenvalue weighted by Crippen LogP contribution is 2.36. The second-order valence-electron chi connectivity index (χ2n) is 5.66. The molecule has 0 bridgehead atoms. The van der Waals surface area contributed by atoms with Gasteiger partial charge in [-0.3, -0.25) is 0 Å². The Bertz CT molecular complexity index is 885. The van der Waals surface area contributed by atoms with Crippen molar-refractivity contribution < 1.29 is 4.42 Å². The minimum atomic E-state index is 0.220. The summed E-state index contributed by atoms with van der Waals surface area (Å²) >= 11 is 0. The molecule has 0 saturated carbocycles. The zero-order valence-corrected chi connectivity index (χ0v) is 12.2. The fourth-order valence-electron chi connectivity index (χ4n) is 3.15. The van der Waals surface area contributed by atoms with Gasteiger partial charge in [-0.25, -0.2) is 0 Å². The van der Waals surface area contributed by atoms with Crippen molar-refractivity contribution in [2.75, 3.05) is 7.05 Å². The largest absolute Gasteiger partial charge is 0.456 e. The second-order valence-corrected chi connectivity index (χ2v) is 5.66. The van der Waals surface area contributed by atoms with Crippen molar-refractivity contribution in [2.24, 2.45) is 0 Å². The Morgan fingerprint density at radius 3 is 2.67 bits per heavy atom. The summed E-state index contributed by atoms with van der Waals surface area (Å²) in [4.78, 5) is 2.23. The Morgan fingerprint density at radius 1 is 1.00 bits per heavy atom. The van der Waals surface area contributed by atoms with Gasteiger partial charge >= 0.3 is 0 Å². The molecule has 104 valence electrons. The first-order valence-electron chi connectivity index (χ1n) is 7.23. The van der Waals surface area contributed by atoms with Crippen molar-refractivity contribution in [3.8, 4) is 0 Å². The van der Waals surface area contributed by atoms with Gasteiger partial charge in [-0.1, -0.05) is 48.6 Å². The van der Waals surface area contributed by atoms with Crippen LogP contribution in [0.1, 0.15) is 18.5 Å². The molecule has 1 unspecified atom stereocenters. The van der Waals surface area contributed by atoms with E-state index in [1.165, 1.54) is 21.9 Å². The van der Waals surface area contributed by atoms with Crippen LogP contribution in [-0.4, -0.2) is 11.9 Å². The number of rotatable bonds is 1. The number of para-hydroxylation sites is 2. The molecule has 2 aromatic carbocycles. The summed E-state index contributed by atoms with van der Waals surface area (Å²) in [5.74, 6) is 0. The first kappa shape index (κ1) is 12.3. The predicted octanol–water partition coefficient (Wildman–Crippen LogP) is 5.03. The SMILES string of the molecule is CC1=CN(C)C(c2cccc3c2oc2ccccc23)C=C1. The molecule has 1 aromatic heterocycles. The molecular weight excluding hydrogens is 258 g/mol. The van der Waals surface area contributed by atoms with Crippen molar-refractivity contribution >= 4 is 21.9 Å². The number of likely N-dealkylation sites (N-methyl/N-ethyl adjacent to an activating group) is 1. The number of furan rings is 1. The van der Waals surface area contributed by atoms with Crippen molar-refractivity contribution in [1.82, 2.24) is 4.90 Å². The van der Waals surface area contributed by atoms with Gasteiger partial charge in [0, 0.05) is 29.6 Å². The molecule has 1 aliphatic heterocycles. The summed E-state index contributed by atoms with van der Waals surface area (Å²) < 4.78 is 6.13. The molecule has 0 amide bonds. The zero-order valence-electron chi connectivity index (χ0n) is 12.2. The van der Waals surface area contributed by atoms with Gasteiger partial charge in [0.2, 0.25) is 0 Å². The summed E-state index contributed by atoms with van der Waals surface area (Å²) in [6.45, 7) is 2.12. The molecule has 0 saturated heterocycles. The van der Waals surface area contributed by atoms with Crippen LogP contribution in [0.15, 0.2) is 70.8 Å². The van der Waals surface area contributed by atoms with Crippen LogP contribution >= 0.6 is 0 Å².